The Kier molecular flexibility index (Phi) is 4.61. The molecule has 0 saturated heterocycles. The van der Waals surface area contributed by atoms with Crippen molar-refractivity contribution in [2.75, 3.05) is 5.43 Å². The first-order chi connectivity index (χ1) is 13.0. The number of hydrogen-bond acceptors (Lipinski definition) is 6. The first-order valence-electron chi connectivity index (χ1n) is 8.61. The van der Waals surface area contributed by atoms with Crippen LogP contribution in [0.2, 0.25) is 0 Å². The highest BCUT2D eigenvalue weighted by molar-refractivity contribution is 9.10. The quantitative estimate of drug-likeness (QED) is 0.607. The Hall–Kier alpha value is -2.81. The van der Waals surface area contributed by atoms with Crippen LogP contribution in [0.1, 0.15) is 46.3 Å². The summed E-state index contributed by atoms with van der Waals surface area (Å²) in [6.45, 7) is 3.74. The van der Waals surface area contributed by atoms with Crippen LogP contribution in [0.25, 0.3) is 5.69 Å². The van der Waals surface area contributed by atoms with E-state index >= 15 is 0 Å². The molecule has 1 aromatic carbocycles. The Bertz CT molecular complexity index is 975. The van der Waals surface area contributed by atoms with Crippen molar-refractivity contribution in [3.63, 3.8) is 0 Å². The third-order valence-corrected chi connectivity index (χ3v) is 4.75. The van der Waals surface area contributed by atoms with E-state index in [9.17, 15) is 4.79 Å². The molecule has 1 fully saturated rings. The molecular weight excluding hydrogens is 410 g/mol. The zero-order chi connectivity index (χ0) is 19.0. The second kappa shape index (κ2) is 7.07. The van der Waals surface area contributed by atoms with Crippen molar-refractivity contribution in [2.24, 2.45) is 0 Å². The molecule has 0 spiro atoms. The average Bonchev–Trinajstić information content (AvgIpc) is 3.38. The van der Waals surface area contributed by atoms with Crippen molar-refractivity contribution in [3.8, 4) is 5.69 Å². The molecule has 1 amide bonds. The van der Waals surface area contributed by atoms with Crippen LogP contribution in [0.3, 0.4) is 0 Å². The molecule has 1 aliphatic carbocycles. The van der Waals surface area contributed by atoms with E-state index in [0.717, 1.165) is 40.1 Å². The van der Waals surface area contributed by atoms with Crippen LogP contribution in [0.15, 0.2) is 34.8 Å². The molecule has 8 nitrogen and oxygen atoms in total. The monoisotopic (exact) mass is 427 g/mol. The van der Waals surface area contributed by atoms with Crippen LogP contribution in [-0.4, -0.2) is 30.9 Å². The minimum atomic E-state index is -0.358. The summed E-state index contributed by atoms with van der Waals surface area (Å²) in [6.07, 6.45) is 2.05. The van der Waals surface area contributed by atoms with Gasteiger partial charge in [-0.3, -0.25) is 15.6 Å². The molecule has 1 aliphatic rings. The maximum atomic E-state index is 12.7. The van der Waals surface area contributed by atoms with Crippen LogP contribution < -0.4 is 10.9 Å². The summed E-state index contributed by atoms with van der Waals surface area (Å²) in [5.41, 5.74) is 9.05. The Morgan fingerprint density at radius 3 is 2.44 bits per heavy atom. The molecule has 27 heavy (non-hydrogen) atoms. The van der Waals surface area contributed by atoms with Crippen LogP contribution in [0, 0.1) is 13.8 Å². The van der Waals surface area contributed by atoms with Crippen molar-refractivity contribution < 1.29 is 4.79 Å². The molecular formula is C18H18BrN7O. The number of rotatable bonds is 5. The number of nitrogens with one attached hydrogen (secondary N) is 2. The molecule has 0 radical (unpaired) electrons. The van der Waals surface area contributed by atoms with Crippen molar-refractivity contribution in [3.05, 3.63) is 57.6 Å². The standard InChI is InChI=1S/C18H18BrN7O/c1-10-9-11(2)21-18(20-10)24-23-17(27)15-16(12-3-4-12)26(25-22-15)14-7-5-13(19)6-8-14/h5-9,12H,3-4H2,1-2H3,(H,23,27)(H,20,21,24). The van der Waals surface area contributed by atoms with Gasteiger partial charge in [0.05, 0.1) is 11.4 Å². The third kappa shape index (κ3) is 3.82. The number of benzene rings is 1. The zero-order valence-corrected chi connectivity index (χ0v) is 16.5. The van der Waals surface area contributed by atoms with Gasteiger partial charge in [-0.2, -0.15) is 0 Å². The van der Waals surface area contributed by atoms with Gasteiger partial charge in [0.25, 0.3) is 5.91 Å². The van der Waals surface area contributed by atoms with E-state index < -0.39 is 0 Å². The van der Waals surface area contributed by atoms with Gasteiger partial charge in [-0.25, -0.2) is 14.6 Å². The SMILES string of the molecule is Cc1cc(C)nc(NNC(=O)c2nnn(-c3ccc(Br)cc3)c2C2CC2)n1. The average molecular weight is 428 g/mol. The van der Waals surface area contributed by atoms with E-state index in [1.165, 1.54) is 0 Å². The molecule has 0 bridgehead atoms. The molecule has 2 N–H and O–H groups in total. The molecule has 2 aromatic heterocycles. The van der Waals surface area contributed by atoms with E-state index in [4.69, 9.17) is 0 Å². The Balaban J connectivity index is 1.58. The van der Waals surface area contributed by atoms with Crippen molar-refractivity contribution >= 4 is 27.8 Å². The number of carbonyl (C=O) groups is 1. The van der Waals surface area contributed by atoms with Gasteiger partial charge in [0.2, 0.25) is 5.95 Å². The number of amides is 1. The molecule has 0 aliphatic heterocycles. The maximum Gasteiger partial charge on any atom is 0.292 e. The van der Waals surface area contributed by atoms with Crippen LogP contribution in [0.4, 0.5) is 5.95 Å². The normalized spacial score (nSPS) is 13.4. The topological polar surface area (TPSA) is 97.6 Å². The van der Waals surface area contributed by atoms with Crippen LogP contribution >= 0.6 is 15.9 Å². The van der Waals surface area contributed by atoms with Gasteiger partial charge in [-0.15, -0.1) is 5.10 Å². The number of nitrogens with zero attached hydrogens (tertiary/aromatic N) is 5. The van der Waals surface area contributed by atoms with Crippen molar-refractivity contribution in [1.82, 2.24) is 30.4 Å². The number of anilines is 1. The largest absolute Gasteiger partial charge is 0.292 e. The van der Waals surface area contributed by atoms with Gasteiger partial charge >= 0.3 is 0 Å². The minimum Gasteiger partial charge on any atom is -0.265 e. The maximum absolute atomic E-state index is 12.7. The van der Waals surface area contributed by atoms with E-state index in [-0.39, 0.29) is 5.91 Å². The predicted molar refractivity (Wildman–Crippen MR) is 104 cm³/mol. The van der Waals surface area contributed by atoms with Crippen molar-refractivity contribution in [1.29, 1.82) is 0 Å². The van der Waals surface area contributed by atoms with Gasteiger partial charge in [0.15, 0.2) is 5.69 Å². The predicted octanol–water partition coefficient (Wildman–Crippen LogP) is 3.07. The third-order valence-electron chi connectivity index (χ3n) is 4.23. The summed E-state index contributed by atoms with van der Waals surface area (Å²) in [5.74, 6) is 0.277. The molecule has 3 aromatic rings. The number of hydrazine groups is 1. The molecule has 0 unspecified atom stereocenters. The van der Waals surface area contributed by atoms with Gasteiger partial charge in [0, 0.05) is 21.8 Å². The smallest absolute Gasteiger partial charge is 0.265 e. The molecule has 138 valence electrons. The number of carbonyl (C=O) groups excluding carboxylic acids is 1. The van der Waals surface area contributed by atoms with Gasteiger partial charge in [0.1, 0.15) is 0 Å². The first-order valence-corrected chi connectivity index (χ1v) is 9.41. The summed E-state index contributed by atoms with van der Waals surface area (Å²) >= 11 is 3.43. The molecule has 9 heteroatoms. The Morgan fingerprint density at radius 1 is 1.15 bits per heavy atom. The van der Waals surface area contributed by atoms with E-state index in [1.54, 1.807) is 4.68 Å². The lowest BCUT2D eigenvalue weighted by Crippen LogP contribution is -2.31. The second-order valence-corrected chi connectivity index (χ2v) is 7.45. The van der Waals surface area contributed by atoms with Gasteiger partial charge in [-0.05, 0) is 57.0 Å². The number of aryl methyl sites for hydroxylation is 2. The summed E-state index contributed by atoms with van der Waals surface area (Å²) in [5, 5.41) is 8.35. The Labute approximate surface area is 164 Å². The fourth-order valence-electron chi connectivity index (χ4n) is 2.90. The summed E-state index contributed by atoms with van der Waals surface area (Å²) in [7, 11) is 0. The highest BCUT2D eigenvalue weighted by Crippen LogP contribution is 2.42. The van der Waals surface area contributed by atoms with E-state index in [0.29, 0.717) is 17.6 Å². The number of hydrogen-bond donors (Lipinski definition) is 2. The number of aromatic nitrogens is 5. The van der Waals surface area contributed by atoms with Crippen molar-refractivity contribution in [2.45, 2.75) is 32.6 Å². The number of halogens is 1. The van der Waals surface area contributed by atoms with Gasteiger partial charge < -0.3 is 0 Å². The van der Waals surface area contributed by atoms with E-state index in [2.05, 4.69) is 47.1 Å². The van der Waals surface area contributed by atoms with Gasteiger partial charge in [-0.1, -0.05) is 21.1 Å². The molecule has 4 rings (SSSR count). The minimum absolute atomic E-state index is 0.293. The lowest BCUT2D eigenvalue weighted by molar-refractivity contribution is 0.0956. The van der Waals surface area contributed by atoms with E-state index in [1.807, 2.05) is 44.2 Å². The second-order valence-electron chi connectivity index (χ2n) is 6.54. The molecule has 0 atom stereocenters. The lowest BCUT2D eigenvalue weighted by Gasteiger charge is -2.09. The zero-order valence-electron chi connectivity index (χ0n) is 14.9. The molecule has 2 heterocycles. The van der Waals surface area contributed by atoms with Crippen LogP contribution in [0.5, 0.6) is 0 Å². The lowest BCUT2D eigenvalue weighted by atomic mass is 10.2. The Morgan fingerprint density at radius 2 is 1.81 bits per heavy atom. The summed E-state index contributed by atoms with van der Waals surface area (Å²) in [4.78, 5) is 21.2. The first kappa shape index (κ1) is 17.6. The highest BCUT2D eigenvalue weighted by Gasteiger charge is 2.34. The molecule has 1 saturated carbocycles. The highest BCUT2D eigenvalue weighted by atomic mass is 79.9. The summed E-state index contributed by atoms with van der Waals surface area (Å²) in [6, 6.07) is 9.61. The summed E-state index contributed by atoms with van der Waals surface area (Å²) < 4.78 is 2.72. The van der Waals surface area contributed by atoms with Crippen LogP contribution in [-0.2, 0) is 0 Å². The fraction of sp³-hybridized carbons (Fsp3) is 0.278. The fourth-order valence-corrected chi connectivity index (χ4v) is 3.17.